The second kappa shape index (κ2) is 8.86. The van der Waals surface area contributed by atoms with Gasteiger partial charge >= 0.3 is 0 Å². The van der Waals surface area contributed by atoms with Crippen LogP contribution in [-0.2, 0) is 9.59 Å². The Bertz CT molecular complexity index is 849. The van der Waals surface area contributed by atoms with Gasteiger partial charge in [0.05, 0.1) is 24.8 Å². The molecule has 2 atom stereocenters. The number of benzene rings is 1. The molecule has 0 bridgehead atoms. The van der Waals surface area contributed by atoms with E-state index in [4.69, 9.17) is 4.74 Å². The van der Waals surface area contributed by atoms with Gasteiger partial charge in [-0.05, 0) is 49.8 Å². The fourth-order valence-corrected chi connectivity index (χ4v) is 4.71. The van der Waals surface area contributed by atoms with Gasteiger partial charge < -0.3 is 19.9 Å². The topological polar surface area (TPSA) is 61.9 Å². The molecule has 0 aliphatic carbocycles. The lowest BCUT2D eigenvalue weighted by Gasteiger charge is -2.38. The third-order valence-corrected chi connectivity index (χ3v) is 6.54. The fraction of sp³-hybridized carbons (Fsp3) is 0.455. The molecule has 2 amide bonds. The van der Waals surface area contributed by atoms with Crippen LogP contribution < -0.4 is 15.0 Å². The smallest absolute Gasteiger partial charge is 0.265 e. The molecule has 2 aliphatic rings. The summed E-state index contributed by atoms with van der Waals surface area (Å²) in [7, 11) is 0. The SMILES string of the molecule is C[C@@H](NC(=O)CN1C[C@H](C(=O)N2CCCCC2)Oc2ccccc21)c1cccs1. The number of nitrogens with one attached hydrogen (secondary N) is 1. The molecule has 1 aromatic heterocycles. The molecule has 1 saturated heterocycles. The molecule has 0 saturated carbocycles. The maximum absolute atomic E-state index is 13.0. The summed E-state index contributed by atoms with van der Waals surface area (Å²) in [5, 5.41) is 5.07. The van der Waals surface area contributed by atoms with Crippen molar-refractivity contribution in [2.45, 2.75) is 38.3 Å². The van der Waals surface area contributed by atoms with E-state index in [1.165, 1.54) is 6.42 Å². The number of nitrogens with zero attached hydrogens (tertiary/aromatic N) is 2. The minimum atomic E-state index is -0.578. The molecule has 0 radical (unpaired) electrons. The molecule has 2 aromatic rings. The summed E-state index contributed by atoms with van der Waals surface area (Å²) < 4.78 is 6.04. The number of carbonyl (C=O) groups is 2. The van der Waals surface area contributed by atoms with Crippen LogP contribution in [0.2, 0.25) is 0 Å². The predicted octanol–water partition coefficient (Wildman–Crippen LogP) is 3.21. The predicted molar refractivity (Wildman–Crippen MR) is 114 cm³/mol. The van der Waals surface area contributed by atoms with Gasteiger partial charge in [-0.3, -0.25) is 9.59 Å². The highest BCUT2D eigenvalue weighted by atomic mass is 32.1. The summed E-state index contributed by atoms with van der Waals surface area (Å²) in [4.78, 5) is 30.7. The lowest BCUT2D eigenvalue weighted by atomic mass is 10.1. The zero-order valence-corrected chi connectivity index (χ0v) is 17.5. The number of piperidine rings is 1. The third kappa shape index (κ3) is 4.56. The standard InChI is InChI=1S/C22H27N3O3S/c1-16(20-10-7-13-29-20)23-21(26)15-25-14-19(22(27)24-11-5-2-6-12-24)28-18-9-4-3-8-17(18)25/h3-4,7-10,13,16,19H,2,5-6,11-12,14-15H2,1H3,(H,23,26)/t16-,19-/m1/s1. The van der Waals surface area contributed by atoms with Gasteiger partial charge in [0.2, 0.25) is 5.91 Å². The lowest BCUT2D eigenvalue weighted by Crippen LogP contribution is -2.53. The van der Waals surface area contributed by atoms with Crippen LogP contribution in [0.1, 0.15) is 37.1 Å². The van der Waals surface area contributed by atoms with E-state index < -0.39 is 6.10 Å². The Hall–Kier alpha value is -2.54. The van der Waals surface area contributed by atoms with Crippen molar-refractivity contribution in [2.75, 3.05) is 31.1 Å². The molecule has 1 N–H and O–H groups in total. The first-order valence-corrected chi connectivity index (χ1v) is 11.1. The molecule has 3 heterocycles. The highest BCUT2D eigenvalue weighted by molar-refractivity contribution is 7.10. The van der Waals surface area contributed by atoms with Crippen LogP contribution in [0.3, 0.4) is 0 Å². The van der Waals surface area contributed by atoms with E-state index in [-0.39, 0.29) is 24.4 Å². The highest BCUT2D eigenvalue weighted by Crippen LogP contribution is 2.33. The van der Waals surface area contributed by atoms with Gasteiger partial charge in [-0.25, -0.2) is 0 Å². The van der Waals surface area contributed by atoms with Gasteiger partial charge in [-0.15, -0.1) is 11.3 Å². The summed E-state index contributed by atoms with van der Waals surface area (Å²) >= 11 is 1.63. The zero-order valence-electron chi connectivity index (χ0n) is 16.7. The number of carbonyl (C=O) groups excluding carboxylic acids is 2. The second-order valence-corrected chi connectivity index (χ2v) is 8.62. The first kappa shape index (κ1) is 19.8. The Labute approximate surface area is 175 Å². The molecular weight excluding hydrogens is 386 g/mol. The average molecular weight is 414 g/mol. The van der Waals surface area contributed by atoms with Crippen LogP contribution >= 0.6 is 11.3 Å². The normalized spacial score (nSPS) is 19.8. The second-order valence-electron chi connectivity index (χ2n) is 7.65. The first-order valence-electron chi connectivity index (χ1n) is 10.2. The Kier molecular flexibility index (Phi) is 6.04. The summed E-state index contributed by atoms with van der Waals surface area (Å²) in [5.41, 5.74) is 0.856. The van der Waals surface area contributed by atoms with Crippen molar-refractivity contribution in [2.24, 2.45) is 0 Å². The number of hydrogen-bond donors (Lipinski definition) is 1. The van der Waals surface area contributed by atoms with Crippen molar-refractivity contribution >= 4 is 28.8 Å². The number of amides is 2. The van der Waals surface area contributed by atoms with Crippen LogP contribution in [0, 0.1) is 0 Å². The maximum Gasteiger partial charge on any atom is 0.265 e. The zero-order chi connectivity index (χ0) is 20.2. The van der Waals surface area contributed by atoms with E-state index in [0.717, 1.165) is 36.5 Å². The quantitative estimate of drug-likeness (QED) is 0.818. The van der Waals surface area contributed by atoms with Crippen LogP contribution in [0.15, 0.2) is 41.8 Å². The van der Waals surface area contributed by atoms with Crippen LogP contribution in [0.4, 0.5) is 5.69 Å². The first-order chi connectivity index (χ1) is 14.1. The number of likely N-dealkylation sites (tertiary alicyclic amines) is 1. The van der Waals surface area contributed by atoms with Crippen molar-refractivity contribution in [3.8, 4) is 5.75 Å². The molecule has 1 aromatic carbocycles. The Balaban J connectivity index is 1.46. The van der Waals surface area contributed by atoms with Gasteiger partial charge in [0, 0.05) is 18.0 Å². The van der Waals surface area contributed by atoms with E-state index in [1.807, 2.05) is 58.5 Å². The number of hydrogen-bond acceptors (Lipinski definition) is 5. The number of rotatable bonds is 5. The third-order valence-electron chi connectivity index (χ3n) is 5.49. The van der Waals surface area contributed by atoms with E-state index in [1.54, 1.807) is 11.3 Å². The van der Waals surface area contributed by atoms with Crippen LogP contribution in [-0.4, -0.2) is 49.0 Å². The van der Waals surface area contributed by atoms with Crippen molar-refractivity contribution in [1.82, 2.24) is 10.2 Å². The average Bonchev–Trinajstić information content (AvgIpc) is 3.29. The number of anilines is 1. The minimum Gasteiger partial charge on any atom is -0.477 e. The number of thiophene rings is 1. The summed E-state index contributed by atoms with van der Waals surface area (Å²) in [5.74, 6) is 0.622. The molecular formula is C22H27N3O3S. The van der Waals surface area contributed by atoms with Crippen LogP contribution in [0.25, 0.3) is 0 Å². The van der Waals surface area contributed by atoms with Gasteiger partial charge in [0.25, 0.3) is 5.91 Å². The highest BCUT2D eigenvalue weighted by Gasteiger charge is 2.34. The number of fused-ring (bicyclic) bond motifs is 1. The molecule has 154 valence electrons. The van der Waals surface area contributed by atoms with Crippen molar-refractivity contribution in [3.63, 3.8) is 0 Å². The summed E-state index contributed by atoms with van der Waals surface area (Å²) in [6.07, 6.45) is 2.68. The van der Waals surface area contributed by atoms with Crippen LogP contribution in [0.5, 0.6) is 5.75 Å². The van der Waals surface area contributed by atoms with Crippen molar-refractivity contribution in [3.05, 3.63) is 46.7 Å². The molecule has 6 nitrogen and oxygen atoms in total. The molecule has 2 aliphatic heterocycles. The molecule has 0 unspecified atom stereocenters. The van der Waals surface area contributed by atoms with Gasteiger partial charge in [0.1, 0.15) is 5.75 Å². The fourth-order valence-electron chi connectivity index (χ4n) is 3.97. The number of para-hydroxylation sites is 2. The molecule has 4 rings (SSSR count). The van der Waals surface area contributed by atoms with E-state index >= 15 is 0 Å². The van der Waals surface area contributed by atoms with E-state index in [2.05, 4.69) is 5.32 Å². The van der Waals surface area contributed by atoms with Crippen molar-refractivity contribution in [1.29, 1.82) is 0 Å². The lowest BCUT2D eigenvalue weighted by molar-refractivity contribution is -0.139. The monoisotopic (exact) mass is 413 g/mol. The minimum absolute atomic E-state index is 0.0246. The van der Waals surface area contributed by atoms with Gasteiger partial charge in [-0.1, -0.05) is 18.2 Å². The molecule has 29 heavy (non-hydrogen) atoms. The van der Waals surface area contributed by atoms with E-state index in [9.17, 15) is 9.59 Å². The van der Waals surface area contributed by atoms with Gasteiger partial charge in [0.15, 0.2) is 6.10 Å². The Morgan fingerprint density at radius 3 is 2.72 bits per heavy atom. The summed E-state index contributed by atoms with van der Waals surface area (Å²) in [6.45, 7) is 4.14. The molecule has 7 heteroatoms. The Morgan fingerprint density at radius 1 is 1.17 bits per heavy atom. The molecule has 1 fully saturated rings. The number of ether oxygens (including phenoxy) is 1. The summed E-state index contributed by atoms with van der Waals surface area (Å²) in [6, 6.07) is 11.6. The largest absolute Gasteiger partial charge is 0.477 e. The van der Waals surface area contributed by atoms with Gasteiger partial charge in [-0.2, -0.15) is 0 Å². The maximum atomic E-state index is 13.0. The van der Waals surface area contributed by atoms with Crippen molar-refractivity contribution < 1.29 is 14.3 Å². The molecule has 0 spiro atoms. The van der Waals surface area contributed by atoms with E-state index in [0.29, 0.717) is 12.3 Å². The Morgan fingerprint density at radius 2 is 1.97 bits per heavy atom.